The summed E-state index contributed by atoms with van der Waals surface area (Å²) < 4.78 is 5.46. The van der Waals surface area contributed by atoms with Crippen molar-refractivity contribution in [2.75, 3.05) is 38.3 Å². The molecule has 2 aromatic rings. The first-order valence-corrected chi connectivity index (χ1v) is 11.1. The third-order valence-corrected chi connectivity index (χ3v) is 6.52. The lowest BCUT2D eigenvalue weighted by molar-refractivity contribution is -0.510. The van der Waals surface area contributed by atoms with Crippen molar-refractivity contribution in [1.29, 1.82) is 0 Å². The average molecular weight is 497 g/mol. The Kier molecular flexibility index (Phi) is 6.66. The van der Waals surface area contributed by atoms with Crippen LogP contribution in [0.1, 0.15) is 24.0 Å². The zero-order chi connectivity index (χ0) is 26.1. The maximum absolute atomic E-state index is 13.2. The van der Waals surface area contributed by atoms with Crippen LogP contribution in [0.5, 0.6) is 0 Å². The van der Waals surface area contributed by atoms with E-state index in [1.807, 2.05) is 23.1 Å². The minimum absolute atomic E-state index is 0.0149. The van der Waals surface area contributed by atoms with Crippen LogP contribution >= 0.6 is 0 Å². The summed E-state index contributed by atoms with van der Waals surface area (Å²) in [7, 11) is 1.20. The molecule has 0 spiro atoms. The van der Waals surface area contributed by atoms with Crippen molar-refractivity contribution in [2.45, 2.75) is 18.9 Å². The van der Waals surface area contributed by atoms with E-state index in [-0.39, 0.29) is 11.3 Å². The lowest BCUT2D eigenvalue weighted by atomic mass is 9.78. The molecule has 0 radical (unpaired) electrons. The quantitative estimate of drug-likeness (QED) is 0.431. The van der Waals surface area contributed by atoms with Crippen LogP contribution < -0.4 is 4.90 Å². The summed E-state index contributed by atoms with van der Waals surface area (Å²) in [4.78, 5) is 49.5. The number of non-ortho nitro benzene ring substituents is 1. The molecule has 0 aliphatic carbocycles. The number of ether oxygens (including phenoxy) is 1. The number of rotatable bonds is 6. The highest BCUT2D eigenvalue weighted by atomic mass is 16.6. The van der Waals surface area contributed by atoms with Gasteiger partial charge in [0.05, 0.1) is 35.0 Å². The van der Waals surface area contributed by atoms with Crippen molar-refractivity contribution in [3.05, 3.63) is 89.5 Å². The van der Waals surface area contributed by atoms with E-state index < -0.39 is 44.0 Å². The van der Waals surface area contributed by atoms with Gasteiger partial charge >= 0.3 is 11.9 Å². The number of benzene rings is 2. The number of amides is 1. The Bertz CT molecular complexity index is 1270. The van der Waals surface area contributed by atoms with Crippen molar-refractivity contribution in [3.8, 4) is 0 Å². The number of hydrogen-bond donors (Lipinski definition) is 0. The molecule has 0 bridgehead atoms. The first kappa shape index (κ1) is 24.7. The Morgan fingerprint density at radius 1 is 1.00 bits per heavy atom. The molecule has 0 N–H and O–H groups in total. The number of carbonyl (C=O) groups excluding carboxylic acids is 1. The lowest BCUT2D eigenvalue weighted by Gasteiger charge is -2.37. The molecule has 188 valence electrons. The fourth-order valence-electron chi connectivity index (χ4n) is 4.97. The zero-order valence-corrected chi connectivity index (χ0v) is 19.5. The van der Waals surface area contributed by atoms with Crippen molar-refractivity contribution in [3.63, 3.8) is 0 Å². The smallest absolute Gasteiger partial charge is 0.302 e. The number of anilines is 1. The van der Waals surface area contributed by atoms with Gasteiger partial charge in [0.2, 0.25) is 0 Å². The number of morpholine rings is 1. The number of hydrogen-bond acceptors (Lipinski definition) is 9. The molecule has 2 unspecified atom stereocenters. The summed E-state index contributed by atoms with van der Waals surface area (Å²) >= 11 is 0. The van der Waals surface area contributed by atoms with Crippen LogP contribution in [0.25, 0.3) is 5.70 Å². The highest BCUT2D eigenvalue weighted by molar-refractivity contribution is 6.03. The number of carbonyl (C=O) groups is 1. The van der Waals surface area contributed by atoms with Crippen LogP contribution in [-0.2, 0) is 9.53 Å². The van der Waals surface area contributed by atoms with E-state index in [1.54, 1.807) is 19.1 Å². The van der Waals surface area contributed by atoms with Crippen LogP contribution in [-0.4, -0.2) is 65.0 Å². The van der Waals surface area contributed by atoms with Gasteiger partial charge in [-0.05, 0) is 18.1 Å². The fraction of sp³-hybridized carbons (Fsp3) is 0.348. The van der Waals surface area contributed by atoms with Gasteiger partial charge in [0, 0.05) is 42.4 Å². The number of nitro groups is 3. The molecule has 2 aromatic carbocycles. The van der Waals surface area contributed by atoms with E-state index in [2.05, 4.69) is 0 Å². The second-order valence-electron chi connectivity index (χ2n) is 8.52. The van der Waals surface area contributed by atoms with E-state index in [1.165, 1.54) is 7.05 Å². The van der Waals surface area contributed by atoms with Crippen molar-refractivity contribution in [1.82, 2.24) is 4.90 Å². The highest BCUT2D eigenvalue weighted by Crippen LogP contribution is 2.48. The van der Waals surface area contributed by atoms with Gasteiger partial charge in [-0.25, -0.2) is 0 Å². The average Bonchev–Trinajstić information content (AvgIpc) is 2.86. The summed E-state index contributed by atoms with van der Waals surface area (Å²) in [6.45, 7) is 3.43. The Hall–Kier alpha value is -4.39. The van der Waals surface area contributed by atoms with Crippen LogP contribution in [0.4, 0.5) is 17.1 Å². The number of nitro benzene ring substituents is 2. The van der Waals surface area contributed by atoms with Gasteiger partial charge in [0.25, 0.3) is 11.4 Å². The topological polar surface area (TPSA) is 162 Å². The maximum Gasteiger partial charge on any atom is 0.302 e. The molecule has 4 rings (SSSR count). The molecule has 1 saturated heterocycles. The van der Waals surface area contributed by atoms with Gasteiger partial charge in [0.15, 0.2) is 0 Å². The van der Waals surface area contributed by atoms with E-state index >= 15 is 0 Å². The molecule has 2 aliphatic rings. The lowest BCUT2D eigenvalue weighted by Crippen LogP contribution is -2.49. The predicted molar refractivity (Wildman–Crippen MR) is 128 cm³/mol. The summed E-state index contributed by atoms with van der Waals surface area (Å²) in [5.74, 6) is -2.22. The summed E-state index contributed by atoms with van der Waals surface area (Å²) in [6, 6.07) is 9.10. The van der Waals surface area contributed by atoms with Gasteiger partial charge in [0.1, 0.15) is 5.69 Å². The van der Waals surface area contributed by atoms with Crippen molar-refractivity contribution >= 4 is 28.7 Å². The summed E-state index contributed by atoms with van der Waals surface area (Å²) in [6.07, 6.45) is 0. The van der Waals surface area contributed by atoms with E-state index in [0.717, 1.165) is 22.6 Å². The van der Waals surface area contributed by atoms with Crippen LogP contribution in [0, 0.1) is 30.3 Å². The Balaban J connectivity index is 2.07. The van der Waals surface area contributed by atoms with Crippen LogP contribution in [0.15, 0.2) is 48.0 Å². The van der Waals surface area contributed by atoms with Gasteiger partial charge in [-0.3, -0.25) is 35.1 Å². The van der Waals surface area contributed by atoms with Crippen molar-refractivity contribution < 1.29 is 24.3 Å². The zero-order valence-electron chi connectivity index (χ0n) is 19.5. The van der Waals surface area contributed by atoms with Gasteiger partial charge < -0.3 is 14.5 Å². The first-order valence-electron chi connectivity index (χ1n) is 11.1. The minimum atomic E-state index is -1.83. The molecule has 13 nitrogen and oxygen atoms in total. The van der Waals surface area contributed by atoms with E-state index in [0.29, 0.717) is 37.6 Å². The molecule has 0 aromatic heterocycles. The summed E-state index contributed by atoms with van der Waals surface area (Å²) in [5, 5.41) is 35.8. The molecular weight excluding hydrogens is 474 g/mol. The molecule has 2 atom stereocenters. The largest absolute Gasteiger partial charge is 0.378 e. The van der Waals surface area contributed by atoms with E-state index in [9.17, 15) is 35.1 Å². The standard InChI is InChI=1S/C23H23N5O8/c1-14(20(15-6-4-3-5-7-15)25-8-10-36-11-9-25)19-17-12-16(26(30)31)13-18(27(32)33)21(17)24(2)23(29)22(19)28(34)35/h3-7,12-13,19,22H,8-11H2,1-2H3/b20-14+. The van der Waals surface area contributed by atoms with E-state index in [4.69, 9.17) is 4.74 Å². The molecule has 1 amide bonds. The molecule has 2 heterocycles. The number of fused-ring (bicyclic) bond motifs is 1. The van der Waals surface area contributed by atoms with Gasteiger partial charge in [-0.1, -0.05) is 30.3 Å². The monoisotopic (exact) mass is 497 g/mol. The summed E-state index contributed by atoms with van der Waals surface area (Å²) in [5.41, 5.74) is 0.298. The first-order chi connectivity index (χ1) is 17.1. The number of likely N-dealkylation sites (N-methyl/N-ethyl adjacent to an activating group) is 1. The fourth-order valence-corrected chi connectivity index (χ4v) is 4.97. The van der Waals surface area contributed by atoms with Crippen LogP contribution in [0.2, 0.25) is 0 Å². The molecule has 0 saturated carbocycles. The Labute approximate surface area is 205 Å². The third kappa shape index (κ3) is 4.24. The SMILES string of the molecule is C/C(=C(/c1ccccc1)N1CCOCC1)C1c2cc([N+](=O)[O-])cc([N+](=O)[O-])c2N(C)C(=O)C1[N+](=O)[O-]. The van der Waals surface area contributed by atoms with Gasteiger partial charge in [-0.15, -0.1) is 0 Å². The molecule has 36 heavy (non-hydrogen) atoms. The Morgan fingerprint density at radius 2 is 1.64 bits per heavy atom. The molecule has 1 fully saturated rings. The molecule has 13 heteroatoms. The third-order valence-electron chi connectivity index (χ3n) is 6.52. The van der Waals surface area contributed by atoms with Crippen molar-refractivity contribution in [2.24, 2.45) is 0 Å². The molecule has 2 aliphatic heterocycles. The maximum atomic E-state index is 13.2. The minimum Gasteiger partial charge on any atom is -0.378 e. The molecular formula is C23H23N5O8. The highest BCUT2D eigenvalue weighted by Gasteiger charge is 2.51. The number of nitrogens with zero attached hydrogens (tertiary/aromatic N) is 5. The normalized spacial score (nSPS) is 20.4. The van der Waals surface area contributed by atoms with Crippen LogP contribution in [0.3, 0.4) is 0 Å². The second kappa shape index (κ2) is 9.70. The predicted octanol–water partition coefficient (Wildman–Crippen LogP) is 2.97. The Morgan fingerprint density at radius 3 is 2.19 bits per heavy atom. The second-order valence-corrected chi connectivity index (χ2v) is 8.52. The van der Waals surface area contributed by atoms with Gasteiger partial charge in [-0.2, -0.15) is 0 Å².